The highest BCUT2D eigenvalue weighted by atomic mass is 32.2. The van der Waals surface area contributed by atoms with Crippen molar-refractivity contribution in [3.63, 3.8) is 0 Å². The van der Waals surface area contributed by atoms with Crippen molar-refractivity contribution in [2.75, 3.05) is 10.1 Å². The lowest BCUT2D eigenvalue weighted by atomic mass is 10.4. The third kappa shape index (κ3) is 4.45. The summed E-state index contributed by atoms with van der Waals surface area (Å²) in [5, 5.41) is 7.29. The fourth-order valence-electron chi connectivity index (χ4n) is 2.25. The molecule has 0 aliphatic carbocycles. The van der Waals surface area contributed by atoms with E-state index >= 15 is 0 Å². The first-order chi connectivity index (χ1) is 12.9. The van der Waals surface area contributed by atoms with E-state index in [0.29, 0.717) is 22.0 Å². The number of anilines is 1. The van der Waals surface area contributed by atoms with Gasteiger partial charge in [-0.15, -0.1) is 21.5 Å². The Morgan fingerprint density at radius 3 is 2.74 bits per heavy atom. The Bertz CT molecular complexity index is 992. The van der Waals surface area contributed by atoms with Crippen LogP contribution in [0.4, 0.5) is 14.5 Å². The van der Waals surface area contributed by atoms with Crippen molar-refractivity contribution in [3.05, 3.63) is 41.6 Å². The molecule has 3 heterocycles. The molecule has 12 heteroatoms. The summed E-state index contributed by atoms with van der Waals surface area (Å²) in [7, 11) is -3.58. The van der Waals surface area contributed by atoms with Crippen LogP contribution in [0.3, 0.4) is 0 Å². The number of rotatable bonds is 8. The fraction of sp³-hybridized carbons (Fsp3) is 0.333. The molecule has 3 aromatic heterocycles. The van der Waals surface area contributed by atoms with Gasteiger partial charge in [0.05, 0.1) is 30.4 Å². The monoisotopic (exact) mass is 415 g/mol. The number of pyridine rings is 1. The van der Waals surface area contributed by atoms with Crippen molar-refractivity contribution in [3.8, 4) is 10.8 Å². The molecule has 0 aliphatic rings. The summed E-state index contributed by atoms with van der Waals surface area (Å²) < 4.78 is 56.6. The van der Waals surface area contributed by atoms with Gasteiger partial charge in [0.25, 0.3) is 11.8 Å². The average molecular weight is 415 g/mol. The lowest BCUT2D eigenvalue weighted by Crippen LogP contribution is -2.32. The Balaban J connectivity index is 1.87. The minimum absolute atomic E-state index is 0.0193. The molecule has 0 saturated heterocycles. The molecule has 0 radical (unpaired) electrons. The third-order valence-electron chi connectivity index (χ3n) is 3.40. The lowest BCUT2D eigenvalue weighted by Gasteiger charge is -2.22. The van der Waals surface area contributed by atoms with Crippen LogP contribution in [0.5, 0.6) is 0 Å². The quantitative estimate of drug-likeness (QED) is 0.556. The normalized spacial score (nSPS) is 11.9. The van der Waals surface area contributed by atoms with E-state index in [9.17, 15) is 17.2 Å². The van der Waals surface area contributed by atoms with Gasteiger partial charge in [0.2, 0.25) is 10.0 Å². The molecule has 0 atom stereocenters. The number of sulfonamides is 1. The molecule has 0 unspecified atom stereocenters. The van der Waals surface area contributed by atoms with Gasteiger partial charge in [-0.3, -0.25) is 9.29 Å². The number of hydrogen-bond acceptors (Lipinski definition) is 8. The average Bonchev–Trinajstić information content (AvgIpc) is 3.29. The van der Waals surface area contributed by atoms with Crippen LogP contribution in [0.1, 0.15) is 30.7 Å². The molecule has 0 spiro atoms. The van der Waals surface area contributed by atoms with Crippen LogP contribution in [0.2, 0.25) is 0 Å². The van der Waals surface area contributed by atoms with Gasteiger partial charge in [-0.05, 0) is 18.6 Å². The SMILES string of the molecule is CCCS(=O)(=O)N(Cc1ncc(-c2nnc(C(F)F)o2)s1)c1cccnc1. The second kappa shape index (κ2) is 8.05. The van der Waals surface area contributed by atoms with Crippen molar-refractivity contribution >= 4 is 27.0 Å². The second-order valence-electron chi connectivity index (χ2n) is 5.40. The molecule has 27 heavy (non-hydrogen) atoms. The van der Waals surface area contributed by atoms with Gasteiger partial charge in [-0.2, -0.15) is 8.78 Å². The summed E-state index contributed by atoms with van der Waals surface area (Å²) in [6, 6.07) is 3.28. The van der Waals surface area contributed by atoms with Gasteiger partial charge < -0.3 is 4.42 Å². The Morgan fingerprint density at radius 2 is 2.11 bits per heavy atom. The number of nitrogens with zero attached hydrogens (tertiary/aromatic N) is 5. The zero-order chi connectivity index (χ0) is 19.4. The molecule has 0 aromatic carbocycles. The van der Waals surface area contributed by atoms with E-state index in [0.717, 1.165) is 11.3 Å². The van der Waals surface area contributed by atoms with Gasteiger partial charge in [-0.1, -0.05) is 6.92 Å². The van der Waals surface area contributed by atoms with Gasteiger partial charge in [0.1, 0.15) is 9.88 Å². The summed E-state index contributed by atoms with van der Waals surface area (Å²) in [5.41, 5.74) is 0.417. The number of alkyl halides is 2. The first-order valence-electron chi connectivity index (χ1n) is 7.87. The van der Waals surface area contributed by atoms with Crippen LogP contribution in [-0.2, 0) is 16.6 Å². The zero-order valence-corrected chi connectivity index (χ0v) is 15.8. The Kier molecular flexibility index (Phi) is 5.75. The summed E-state index contributed by atoms with van der Waals surface area (Å²) in [6.07, 6.45) is 1.98. The summed E-state index contributed by atoms with van der Waals surface area (Å²) >= 11 is 1.09. The largest absolute Gasteiger partial charge is 0.414 e. The topological polar surface area (TPSA) is 102 Å². The van der Waals surface area contributed by atoms with Crippen LogP contribution < -0.4 is 4.31 Å². The fourth-order valence-corrected chi connectivity index (χ4v) is 4.64. The highest BCUT2D eigenvalue weighted by Gasteiger charge is 2.24. The van der Waals surface area contributed by atoms with Gasteiger partial charge in [0, 0.05) is 6.20 Å². The van der Waals surface area contributed by atoms with Crippen molar-refractivity contribution < 1.29 is 21.6 Å². The van der Waals surface area contributed by atoms with Gasteiger partial charge >= 0.3 is 6.43 Å². The summed E-state index contributed by atoms with van der Waals surface area (Å²) in [4.78, 5) is 8.51. The van der Waals surface area contributed by atoms with E-state index in [1.165, 1.54) is 16.7 Å². The molecule has 0 amide bonds. The standard InChI is InChI=1S/C15H15F2N5O3S2/c1-2-6-27(23,24)22(10-4-3-5-18-7-10)9-12-19-8-11(26-12)14-20-21-15(25-14)13(16)17/h3-5,7-8,13H,2,6,9H2,1H3. The van der Waals surface area contributed by atoms with E-state index in [2.05, 4.69) is 20.2 Å². The maximum absolute atomic E-state index is 12.6. The smallest absolute Gasteiger partial charge is 0.314 e. The van der Waals surface area contributed by atoms with Crippen LogP contribution in [-0.4, -0.2) is 34.3 Å². The predicted octanol–water partition coefficient (Wildman–Crippen LogP) is 3.27. The van der Waals surface area contributed by atoms with Crippen molar-refractivity contribution in [2.45, 2.75) is 26.3 Å². The molecule has 0 bridgehead atoms. The molecule has 0 saturated carbocycles. The van der Waals surface area contributed by atoms with Crippen LogP contribution in [0, 0.1) is 0 Å². The van der Waals surface area contributed by atoms with Crippen molar-refractivity contribution in [2.24, 2.45) is 0 Å². The predicted molar refractivity (Wildman–Crippen MR) is 94.9 cm³/mol. The van der Waals surface area contributed by atoms with E-state index in [4.69, 9.17) is 4.42 Å². The molecule has 0 N–H and O–H groups in total. The van der Waals surface area contributed by atoms with Gasteiger partial charge in [0.15, 0.2) is 0 Å². The van der Waals surface area contributed by atoms with E-state index in [-0.39, 0.29) is 18.2 Å². The molecule has 144 valence electrons. The summed E-state index contributed by atoms with van der Waals surface area (Å²) in [6.45, 7) is 1.76. The Hall–Kier alpha value is -2.47. The minimum atomic E-state index is -3.58. The molecular formula is C15H15F2N5O3S2. The number of aromatic nitrogens is 4. The maximum Gasteiger partial charge on any atom is 0.314 e. The zero-order valence-electron chi connectivity index (χ0n) is 14.1. The van der Waals surface area contributed by atoms with Gasteiger partial charge in [-0.25, -0.2) is 13.4 Å². The number of thiazole rings is 1. The van der Waals surface area contributed by atoms with Crippen LogP contribution in [0.15, 0.2) is 35.1 Å². The Morgan fingerprint density at radius 1 is 1.30 bits per heavy atom. The first kappa shape index (κ1) is 19.3. The van der Waals surface area contributed by atoms with Crippen molar-refractivity contribution in [1.29, 1.82) is 0 Å². The summed E-state index contributed by atoms with van der Waals surface area (Å²) in [5.74, 6) is -0.887. The Labute approximate surface area is 158 Å². The van der Waals surface area contributed by atoms with Crippen molar-refractivity contribution in [1.82, 2.24) is 20.2 Å². The number of hydrogen-bond donors (Lipinski definition) is 0. The maximum atomic E-state index is 12.6. The highest BCUT2D eigenvalue weighted by molar-refractivity contribution is 7.92. The lowest BCUT2D eigenvalue weighted by molar-refractivity contribution is 0.116. The molecule has 3 aromatic rings. The first-order valence-corrected chi connectivity index (χ1v) is 10.3. The highest BCUT2D eigenvalue weighted by Crippen LogP contribution is 2.29. The molecule has 0 aliphatic heterocycles. The van der Waals surface area contributed by atoms with E-state index < -0.39 is 22.3 Å². The van der Waals surface area contributed by atoms with E-state index in [1.54, 1.807) is 25.3 Å². The molecular weight excluding hydrogens is 400 g/mol. The number of halogens is 2. The molecule has 8 nitrogen and oxygen atoms in total. The van der Waals surface area contributed by atoms with Crippen LogP contribution in [0.25, 0.3) is 10.8 Å². The molecule has 3 rings (SSSR count). The second-order valence-corrected chi connectivity index (χ2v) is 8.53. The molecule has 0 fully saturated rings. The van der Waals surface area contributed by atoms with E-state index in [1.807, 2.05) is 0 Å². The van der Waals surface area contributed by atoms with Crippen LogP contribution >= 0.6 is 11.3 Å². The minimum Gasteiger partial charge on any atom is -0.414 e. The third-order valence-corrected chi connectivity index (χ3v) is 6.31.